The van der Waals surface area contributed by atoms with Gasteiger partial charge in [-0.1, -0.05) is 49.9 Å². The third-order valence-electron chi connectivity index (χ3n) is 4.80. The fraction of sp³-hybridized carbons (Fsp3) is 0.333. The number of aromatic nitrogens is 2. The Kier molecular flexibility index (Phi) is 5.21. The summed E-state index contributed by atoms with van der Waals surface area (Å²) in [5.41, 5.74) is 1.98. The molecule has 1 aliphatic rings. The Morgan fingerprint density at radius 1 is 1.41 bits per heavy atom. The molecule has 27 heavy (non-hydrogen) atoms. The molecule has 140 valence electrons. The molecule has 0 bridgehead atoms. The molecule has 0 aliphatic carbocycles. The van der Waals surface area contributed by atoms with Gasteiger partial charge in [0.1, 0.15) is 4.83 Å². The zero-order chi connectivity index (χ0) is 19.0. The van der Waals surface area contributed by atoms with Crippen molar-refractivity contribution < 1.29 is 4.74 Å². The van der Waals surface area contributed by atoms with Crippen LogP contribution in [0.3, 0.4) is 0 Å². The second kappa shape index (κ2) is 7.62. The van der Waals surface area contributed by atoms with Gasteiger partial charge in [0.15, 0.2) is 5.16 Å². The van der Waals surface area contributed by atoms with Crippen LogP contribution in [0.2, 0.25) is 0 Å². The molecule has 4 nitrogen and oxygen atoms in total. The van der Waals surface area contributed by atoms with Crippen molar-refractivity contribution in [1.29, 1.82) is 0 Å². The summed E-state index contributed by atoms with van der Waals surface area (Å²) in [6.07, 6.45) is 2.75. The van der Waals surface area contributed by atoms with Crippen LogP contribution in [0, 0.1) is 5.92 Å². The average molecular weight is 399 g/mol. The second-order valence-electron chi connectivity index (χ2n) is 6.95. The van der Waals surface area contributed by atoms with Crippen LogP contribution in [-0.2, 0) is 17.8 Å². The maximum Gasteiger partial charge on any atom is 0.267 e. The highest BCUT2D eigenvalue weighted by Crippen LogP contribution is 2.36. The van der Waals surface area contributed by atoms with Gasteiger partial charge in [-0.25, -0.2) is 4.98 Å². The predicted octanol–water partition coefficient (Wildman–Crippen LogP) is 4.82. The van der Waals surface area contributed by atoms with Crippen molar-refractivity contribution >= 4 is 33.3 Å². The number of benzene rings is 1. The van der Waals surface area contributed by atoms with E-state index in [4.69, 9.17) is 9.72 Å². The Bertz CT molecular complexity index is 1040. The smallest absolute Gasteiger partial charge is 0.267 e. The third-order valence-corrected chi connectivity index (χ3v) is 6.83. The van der Waals surface area contributed by atoms with Gasteiger partial charge in [0.25, 0.3) is 5.56 Å². The van der Waals surface area contributed by atoms with E-state index in [1.54, 1.807) is 15.9 Å². The van der Waals surface area contributed by atoms with E-state index in [0.717, 1.165) is 32.8 Å². The number of thioether (sulfide) groups is 1. The highest BCUT2D eigenvalue weighted by molar-refractivity contribution is 7.99. The molecule has 2 aromatic heterocycles. The maximum atomic E-state index is 13.6. The first-order chi connectivity index (χ1) is 13.1. The molecule has 0 N–H and O–H groups in total. The number of para-hydroxylation sites is 1. The molecule has 4 rings (SSSR count). The first kappa shape index (κ1) is 18.5. The van der Waals surface area contributed by atoms with Gasteiger partial charge in [0, 0.05) is 17.1 Å². The lowest BCUT2D eigenvalue weighted by Crippen LogP contribution is -2.28. The van der Waals surface area contributed by atoms with Crippen LogP contribution in [0.15, 0.2) is 52.9 Å². The third kappa shape index (κ3) is 3.37. The van der Waals surface area contributed by atoms with Crippen LogP contribution in [0.1, 0.15) is 24.3 Å². The van der Waals surface area contributed by atoms with E-state index in [9.17, 15) is 4.79 Å². The summed E-state index contributed by atoms with van der Waals surface area (Å²) >= 11 is 3.12. The standard InChI is InChI=1S/C21H22N2O2S2/c1-4-10-26-21-22-19-18(20(24)23(21)14-8-6-5-7-9-14)15-11-16(13(2)3)25-12-17(15)27-19/h4-9,13,16H,1,10-12H2,2-3H3/t16-/m1/s1. The summed E-state index contributed by atoms with van der Waals surface area (Å²) in [6.45, 7) is 8.68. The van der Waals surface area contributed by atoms with Gasteiger partial charge in [0.05, 0.1) is 23.8 Å². The van der Waals surface area contributed by atoms with Gasteiger partial charge >= 0.3 is 0 Å². The van der Waals surface area contributed by atoms with Gasteiger partial charge in [-0.15, -0.1) is 17.9 Å². The van der Waals surface area contributed by atoms with E-state index < -0.39 is 0 Å². The topological polar surface area (TPSA) is 44.1 Å². The monoisotopic (exact) mass is 398 g/mol. The first-order valence-electron chi connectivity index (χ1n) is 9.08. The molecule has 0 amide bonds. The van der Waals surface area contributed by atoms with E-state index in [1.807, 2.05) is 36.4 Å². The zero-order valence-corrected chi connectivity index (χ0v) is 17.1. The van der Waals surface area contributed by atoms with E-state index >= 15 is 0 Å². The van der Waals surface area contributed by atoms with Crippen LogP contribution in [0.25, 0.3) is 15.9 Å². The molecule has 3 aromatic rings. The van der Waals surface area contributed by atoms with Crippen molar-refractivity contribution in [3.05, 3.63) is 63.8 Å². The number of fused-ring (bicyclic) bond motifs is 3. The normalized spacial score (nSPS) is 16.6. The lowest BCUT2D eigenvalue weighted by Gasteiger charge is -2.26. The molecule has 0 unspecified atom stereocenters. The van der Waals surface area contributed by atoms with Crippen LogP contribution in [0.5, 0.6) is 0 Å². The average Bonchev–Trinajstić information content (AvgIpc) is 3.04. The number of nitrogens with zero attached hydrogens (tertiary/aromatic N) is 2. The number of ether oxygens (including phenoxy) is 1. The molecular weight excluding hydrogens is 376 g/mol. The Labute approximate surface area is 166 Å². The minimum absolute atomic E-state index is 0.0136. The van der Waals surface area contributed by atoms with Gasteiger partial charge in [-0.2, -0.15) is 0 Å². The molecule has 0 saturated carbocycles. The highest BCUT2D eigenvalue weighted by Gasteiger charge is 2.28. The Morgan fingerprint density at radius 3 is 2.89 bits per heavy atom. The number of hydrogen-bond acceptors (Lipinski definition) is 5. The molecule has 0 spiro atoms. The van der Waals surface area contributed by atoms with Crippen LogP contribution >= 0.6 is 23.1 Å². The summed E-state index contributed by atoms with van der Waals surface area (Å²) in [4.78, 5) is 20.4. The minimum Gasteiger partial charge on any atom is -0.372 e. The fourth-order valence-electron chi connectivity index (χ4n) is 3.37. The predicted molar refractivity (Wildman–Crippen MR) is 113 cm³/mol. The molecule has 6 heteroatoms. The summed E-state index contributed by atoms with van der Waals surface area (Å²) in [6, 6.07) is 9.74. The maximum absolute atomic E-state index is 13.6. The van der Waals surface area contributed by atoms with Crippen LogP contribution < -0.4 is 5.56 Å². The van der Waals surface area contributed by atoms with Crippen molar-refractivity contribution in [2.24, 2.45) is 5.92 Å². The summed E-state index contributed by atoms with van der Waals surface area (Å²) in [5, 5.41) is 1.47. The molecule has 0 saturated heterocycles. The Morgan fingerprint density at radius 2 is 2.19 bits per heavy atom. The van der Waals surface area contributed by atoms with Crippen LogP contribution in [0.4, 0.5) is 0 Å². The fourth-order valence-corrected chi connectivity index (χ4v) is 5.28. The molecule has 0 fully saturated rings. The van der Waals surface area contributed by atoms with Crippen molar-refractivity contribution in [3.8, 4) is 5.69 Å². The van der Waals surface area contributed by atoms with E-state index in [1.165, 1.54) is 11.8 Å². The number of thiophene rings is 1. The highest BCUT2D eigenvalue weighted by atomic mass is 32.2. The summed E-state index contributed by atoms with van der Waals surface area (Å²) < 4.78 is 7.74. The lowest BCUT2D eigenvalue weighted by atomic mass is 9.96. The quantitative estimate of drug-likeness (QED) is 0.351. The molecule has 1 aliphatic heterocycles. The Balaban J connectivity index is 1.95. The Hall–Kier alpha value is -1.89. The summed E-state index contributed by atoms with van der Waals surface area (Å²) in [5.74, 6) is 1.12. The minimum atomic E-state index is 0.0136. The molecule has 3 heterocycles. The van der Waals surface area contributed by atoms with Crippen molar-refractivity contribution in [2.45, 2.75) is 38.1 Å². The van der Waals surface area contributed by atoms with Gasteiger partial charge < -0.3 is 4.74 Å². The molecule has 1 atom stereocenters. The van der Waals surface area contributed by atoms with Gasteiger partial charge in [-0.3, -0.25) is 9.36 Å². The molecule has 0 radical (unpaired) electrons. The van der Waals surface area contributed by atoms with Gasteiger partial charge in [0.2, 0.25) is 0 Å². The molecule has 1 aromatic carbocycles. The van der Waals surface area contributed by atoms with Crippen molar-refractivity contribution in [1.82, 2.24) is 9.55 Å². The SMILES string of the molecule is C=CCSc1nc2sc3c(c2c(=O)n1-c1ccccc1)C[C@H](C(C)C)OC3. The van der Waals surface area contributed by atoms with Gasteiger partial charge in [-0.05, 0) is 23.6 Å². The van der Waals surface area contributed by atoms with E-state index in [-0.39, 0.29) is 11.7 Å². The molecular formula is C21H22N2O2S2. The number of hydrogen-bond donors (Lipinski definition) is 0. The van der Waals surface area contributed by atoms with E-state index in [2.05, 4.69) is 20.4 Å². The van der Waals surface area contributed by atoms with E-state index in [0.29, 0.717) is 23.4 Å². The van der Waals surface area contributed by atoms with Crippen molar-refractivity contribution in [2.75, 3.05) is 5.75 Å². The largest absolute Gasteiger partial charge is 0.372 e. The zero-order valence-electron chi connectivity index (χ0n) is 15.5. The first-order valence-corrected chi connectivity index (χ1v) is 10.9. The number of rotatable bonds is 5. The lowest BCUT2D eigenvalue weighted by molar-refractivity contribution is 0.00200. The summed E-state index contributed by atoms with van der Waals surface area (Å²) in [7, 11) is 0. The van der Waals surface area contributed by atoms with Crippen molar-refractivity contribution in [3.63, 3.8) is 0 Å². The van der Waals surface area contributed by atoms with Crippen LogP contribution in [-0.4, -0.2) is 21.4 Å². The second-order valence-corrected chi connectivity index (χ2v) is 9.02.